The largest absolute Gasteiger partial charge is 0.477 e. The second kappa shape index (κ2) is 2.90. The van der Waals surface area contributed by atoms with E-state index >= 15 is 0 Å². The first-order valence-electron chi connectivity index (χ1n) is 3.44. The fraction of sp³-hybridized carbons (Fsp3) is 0.500. The zero-order valence-electron chi connectivity index (χ0n) is 6.32. The summed E-state index contributed by atoms with van der Waals surface area (Å²) >= 11 is 0. The van der Waals surface area contributed by atoms with Gasteiger partial charge in [0.1, 0.15) is 13.0 Å². The number of quaternary nitrogens is 1. The smallest absolute Gasteiger partial charge is 0.362 e. The van der Waals surface area contributed by atoms with Crippen LogP contribution in [0.2, 0.25) is 0 Å². The van der Waals surface area contributed by atoms with Crippen molar-refractivity contribution in [3.8, 4) is 0 Å². The molecule has 1 atom stereocenters. The van der Waals surface area contributed by atoms with Gasteiger partial charge < -0.3 is 5.11 Å². The first kappa shape index (κ1) is 8.66. The summed E-state index contributed by atoms with van der Waals surface area (Å²) in [6, 6.07) is 0. The van der Waals surface area contributed by atoms with Crippen molar-refractivity contribution < 1.29 is 24.1 Å². The van der Waals surface area contributed by atoms with Gasteiger partial charge in [0, 0.05) is 0 Å². The number of aliphatic carboxylic acids is 1. The van der Waals surface area contributed by atoms with Gasteiger partial charge in [0.25, 0.3) is 6.41 Å². The van der Waals surface area contributed by atoms with Crippen LogP contribution in [0.15, 0.2) is 0 Å². The number of hydrogen-bond acceptors (Lipinski definition) is 3. The maximum atomic E-state index is 11.0. The number of rotatable bonds is 4. The molecule has 6 nitrogen and oxygen atoms in total. The van der Waals surface area contributed by atoms with E-state index in [0.29, 0.717) is 19.4 Å². The zero-order chi connectivity index (χ0) is 9.19. The van der Waals surface area contributed by atoms with E-state index in [9.17, 15) is 14.4 Å². The predicted molar refractivity (Wildman–Crippen MR) is 36.5 cm³/mol. The minimum atomic E-state index is -1.10. The lowest BCUT2D eigenvalue weighted by Gasteiger charge is -2.38. The quantitative estimate of drug-likeness (QED) is 0.307. The molecule has 1 aliphatic heterocycles. The Bertz CT molecular complexity index is 240. The van der Waals surface area contributed by atoms with Gasteiger partial charge >= 0.3 is 11.9 Å². The number of carbonyl (C=O) groups is 3. The summed E-state index contributed by atoms with van der Waals surface area (Å²) in [4.78, 5) is 31.3. The van der Waals surface area contributed by atoms with Crippen LogP contribution in [0, 0.1) is 0 Å². The Labute approximate surface area is 68.3 Å². The predicted octanol–water partition coefficient (Wildman–Crippen LogP) is -1.52. The van der Waals surface area contributed by atoms with Crippen LogP contribution >= 0.6 is 0 Å². The number of nitrogens with one attached hydrogen (secondary N) is 1. The van der Waals surface area contributed by atoms with Crippen molar-refractivity contribution in [3.05, 3.63) is 0 Å². The molecule has 1 saturated heterocycles. The lowest BCUT2D eigenvalue weighted by molar-refractivity contribution is -0.906. The third-order valence-electron chi connectivity index (χ3n) is 1.89. The summed E-state index contributed by atoms with van der Waals surface area (Å²) in [5, 5.41) is 8.43. The molecule has 1 heterocycles. The van der Waals surface area contributed by atoms with E-state index in [-0.39, 0.29) is 12.5 Å². The third kappa shape index (κ3) is 1.28. The highest BCUT2D eigenvalue weighted by atomic mass is 16.4. The number of amides is 2. The van der Waals surface area contributed by atoms with Gasteiger partial charge in [-0.15, -0.1) is 4.59 Å². The van der Waals surface area contributed by atoms with Crippen LogP contribution in [-0.2, 0) is 14.4 Å². The maximum absolute atomic E-state index is 11.0. The van der Waals surface area contributed by atoms with Gasteiger partial charge in [0.2, 0.25) is 6.54 Å². The first-order chi connectivity index (χ1) is 5.60. The Morgan fingerprint density at radius 2 is 2.42 bits per heavy atom. The van der Waals surface area contributed by atoms with Crippen molar-refractivity contribution in [3.63, 3.8) is 0 Å². The molecule has 1 aliphatic rings. The Hall–Kier alpha value is -1.43. The van der Waals surface area contributed by atoms with Gasteiger partial charge in [-0.1, -0.05) is 0 Å². The van der Waals surface area contributed by atoms with E-state index in [1.165, 1.54) is 0 Å². The highest BCUT2D eigenvalue weighted by Crippen LogP contribution is 2.17. The van der Waals surface area contributed by atoms with E-state index in [1.807, 2.05) is 0 Å². The lowest BCUT2D eigenvalue weighted by Crippen LogP contribution is -2.70. The molecule has 66 valence electrons. The summed E-state index contributed by atoms with van der Waals surface area (Å²) in [6.07, 6.45) is 0.675. The monoisotopic (exact) mass is 173 g/mol. The molecule has 2 amide bonds. The molecule has 0 aromatic carbocycles. The molecule has 0 aliphatic carbocycles. The van der Waals surface area contributed by atoms with E-state index < -0.39 is 10.6 Å². The molecule has 2 N–H and O–H groups in total. The molecule has 6 heteroatoms. The standard InChI is InChI=1S/C6H8N2O4/c9-4-7-8(3-6(11)12)2-1-5(8)10/h4H,1-3H2,(H-,7,9,11,12)/p+1. The van der Waals surface area contributed by atoms with Crippen molar-refractivity contribution in [2.24, 2.45) is 0 Å². The number of β-lactam (4-membered cyclic amide) rings is 1. The molecule has 1 rings (SSSR count). The summed E-state index contributed by atoms with van der Waals surface area (Å²) in [5.41, 5.74) is 2.20. The SMILES string of the molecule is O=CN[N+]1(CC(=O)O)CCC1=O. The molecular weight excluding hydrogens is 164 g/mol. The van der Waals surface area contributed by atoms with Gasteiger partial charge in [-0.3, -0.25) is 4.79 Å². The summed E-state index contributed by atoms with van der Waals surface area (Å²) in [5.74, 6) is -1.36. The van der Waals surface area contributed by atoms with Crippen molar-refractivity contribution in [1.82, 2.24) is 5.43 Å². The highest BCUT2D eigenvalue weighted by Gasteiger charge is 2.48. The van der Waals surface area contributed by atoms with Crippen LogP contribution in [-0.4, -0.2) is 41.1 Å². The lowest BCUT2D eigenvalue weighted by atomic mass is 10.2. The van der Waals surface area contributed by atoms with Crippen LogP contribution < -0.4 is 5.43 Å². The van der Waals surface area contributed by atoms with Crippen molar-refractivity contribution in [2.75, 3.05) is 13.1 Å². The molecule has 1 unspecified atom stereocenters. The number of nitrogens with zero attached hydrogens (tertiary/aromatic N) is 1. The minimum Gasteiger partial charge on any atom is -0.477 e. The van der Waals surface area contributed by atoms with Crippen LogP contribution in [0.25, 0.3) is 0 Å². The topological polar surface area (TPSA) is 83.5 Å². The average molecular weight is 173 g/mol. The van der Waals surface area contributed by atoms with Gasteiger partial charge in [-0.2, -0.15) is 5.43 Å². The molecule has 1 fully saturated rings. The molecule has 0 aromatic rings. The molecule has 0 saturated carbocycles. The highest BCUT2D eigenvalue weighted by molar-refractivity contribution is 5.78. The Morgan fingerprint density at radius 1 is 1.75 bits per heavy atom. The maximum Gasteiger partial charge on any atom is 0.362 e. The van der Waals surface area contributed by atoms with Crippen molar-refractivity contribution in [1.29, 1.82) is 0 Å². The number of hydrogen-bond donors (Lipinski definition) is 2. The van der Waals surface area contributed by atoms with Crippen molar-refractivity contribution >= 4 is 18.3 Å². The second-order valence-electron chi connectivity index (χ2n) is 2.63. The number of likely N-dealkylation sites (tertiary alicyclic amines) is 1. The van der Waals surface area contributed by atoms with E-state index in [1.54, 1.807) is 0 Å². The van der Waals surface area contributed by atoms with Crippen LogP contribution in [0.5, 0.6) is 0 Å². The Kier molecular flexibility index (Phi) is 2.09. The Morgan fingerprint density at radius 3 is 2.67 bits per heavy atom. The summed E-state index contributed by atoms with van der Waals surface area (Å²) in [7, 11) is 0. The molecule has 0 bridgehead atoms. The first-order valence-corrected chi connectivity index (χ1v) is 3.44. The number of carbonyl (C=O) groups excluding carboxylic acids is 2. The number of carboxylic acids is 1. The molecule has 0 radical (unpaired) electrons. The Balaban J connectivity index is 2.66. The van der Waals surface area contributed by atoms with E-state index in [4.69, 9.17) is 5.11 Å². The second-order valence-corrected chi connectivity index (χ2v) is 2.63. The molecular formula is C6H9N2O4+. The molecule has 12 heavy (non-hydrogen) atoms. The third-order valence-corrected chi connectivity index (χ3v) is 1.89. The molecule has 0 spiro atoms. The van der Waals surface area contributed by atoms with E-state index in [0.717, 1.165) is 0 Å². The van der Waals surface area contributed by atoms with Gasteiger partial charge in [-0.25, -0.2) is 9.59 Å². The number of carboxylic acid groups (broad SMARTS) is 1. The van der Waals surface area contributed by atoms with Gasteiger partial charge in [-0.05, 0) is 0 Å². The molecule has 0 aromatic heterocycles. The summed E-state index contributed by atoms with van der Waals surface area (Å²) in [6.45, 7) is -0.0125. The van der Waals surface area contributed by atoms with Crippen LogP contribution in [0.3, 0.4) is 0 Å². The van der Waals surface area contributed by atoms with E-state index in [2.05, 4.69) is 5.43 Å². The fourth-order valence-corrected chi connectivity index (χ4v) is 1.15. The van der Waals surface area contributed by atoms with Crippen LogP contribution in [0.1, 0.15) is 6.42 Å². The summed E-state index contributed by atoms with van der Waals surface area (Å²) < 4.78 is -0.446. The van der Waals surface area contributed by atoms with Crippen LogP contribution in [0.4, 0.5) is 0 Å². The minimum absolute atomic E-state index is 0.260. The normalized spacial score (nSPS) is 27.5. The fourth-order valence-electron chi connectivity index (χ4n) is 1.15. The van der Waals surface area contributed by atoms with Gasteiger partial charge in [0.05, 0.1) is 0 Å². The van der Waals surface area contributed by atoms with Gasteiger partial charge in [0.15, 0.2) is 0 Å². The van der Waals surface area contributed by atoms with Crippen molar-refractivity contribution in [2.45, 2.75) is 6.42 Å². The zero-order valence-corrected chi connectivity index (χ0v) is 6.32. The average Bonchev–Trinajstić information content (AvgIpc) is 2.00.